The minimum absolute atomic E-state index is 0.0583. The second-order valence-electron chi connectivity index (χ2n) is 5.38. The molecule has 2 N–H and O–H groups in total. The first kappa shape index (κ1) is 16.2. The zero-order valence-corrected chi connectivity index (χ0v) is 12.1. The number of hydrogen-bond donors (Lipinski definition) is 2. The van der Waals surface area contributed by atoms with Crippen molar-refractivity contribution in [2.45, 2.75) is 13.0 Å². The van der Waals surface area contributed by atoms with Crippen molar-refractivity contribution in [3.05, 3.63) is 39.2 Å². The maximum absolute atomic E-state index is 12.3. The zero-order valence-electron chi connectivity index (χ0n) is 12.1. The fraction of sp³-hybridized carbons (Fsp3) is 0.500. The summed E-state index contributed by atoms with van der Waals surface area (Å²) >= 11 is 0. The van der Waals surface area contributed by atoms with Gasteiger partial charge in [0.25, 0.3) is 5.56 Å². The predicted octanol–water partition coefficient (Wildman–Crippen LogP) is -1.36. The van der Waals surface area contributed by atoms with E-state index in [-0.39, 0.29) is 25.7 Å². The van der Waals surface area contributed by atoms with Crippen molar-refractivity contribution >= 4 is 12.2 Å². The summed E-state index contributed by atoms with van der Waals surface area (Å²) in [4.78, 5) is 35.1. The van der Waals surface area contributed by atoms with Gasteiger partial charge < -0.3 is 14.9 Å². The maximum Gasteiger partial charge on any atom is 0.335 e. The summed E-state index contributed by atoms with van der Waals surface area (Å²) in [5.41, 5.74) is -1.73. The molecular formula is C14H18N2O6. The number of rotatable bonds is 6. The van der Waals surface area contributed by atoms with E-state index >= 15 is 0 Å². The third-order valence-electron chi connectivity index (χ3n) is 4.03. The van der Waals surface area contributed by atoms with Gasteiger partial charge in [-0.2, -0.15) is 0 Å². The van der Waals surface area contributed by atoms with E-state index in [1.165, 1.54) is 23.9 Å². The topological polar surface area (TPSA) is 111 Å². The molecule has 1 fully saturated rings. The number of ether oxygens (including phenoxy) is 1. The molecule has 0 unspecified atom stereocenters. The van der Waals surface area contributed by atoms with Crippen LogP contribution < -0.4 is 11.2 Å². The molecule has 22 heavy (non-hydrogen) atoms. The van der Waals surface area contributed by atoms with Crippen molar-refractivity contribution in [2.24, 2.45) is 11.3 Å². The van der Waals surface area contributed by atoms with Gasteiger partial charge in [0.1, 0.15) is 0 Å². The van der Waals surface area contributed by atoms with Gasteiger partial charge in [-0.1, -0.05) is 0 Å². The highest BCUT2D eigenvalue weighted by Crippen LogP contribution is 2.52. The Morgan fingerprint density at radius 3 is 2.77 bits per heavy atom. The average Bonchev–Trinajstić information content (AvgIpc) is 3.23. The summed E-state index contributed by atoms with van der Waals surface area (Å²) in [7, 11) is 1.19. The van der Waals surface area contributed by atoms with E-state index in [0.29, 0.717) is 6.42 Å². The first-order valence-electron chi connectivity index (χ1n) is 6.77. The van der Waals surface area contributed by atoms with Crippen LogP contribution in [-0.2, 0) is 16.1 Å². The van der Waals surface area contributed by atoms with E-state index in [2.05, 4.69) is 4.74 Å². The lowest BCUT2D eigenvalue weighted by Crippen LogP contribution is -2.38. The fourth-order valence-electron chi connectivity index (χ4n) is 2.46. The van der Waals surface area contributed by atoms with Crippen LogP contribution in [0, 0.1) is 11.3 Å². The lowest BCUT2D eigenvalue weighted by atomic mass is 10.1. The summed E-state index contributed by atoms with van der Waals surface area (Å²) in [6.45, 7) is -0.0150. The van der Waals surface area contributed by atoms with Crippen molar-refractivity contribution in [3.8, 4) is 0 Å². The first-order chi connectivity index (χ1) is 10.5. The molecule has 8 heteroatoms. The standard InChI is InChI=1S/C14H18N2O6/c1-22-12(20)3-5-16-11(19)2-4-15(13(16)21)8-14(9-18)6-10(14)7-17/h2-5,10,17-18H,6-9H2,1H3/t10-,14-/m0/s1. The Morgan fingerprint density at radius 1 is 1.50 bits per heavy atom. The van der Waals surface area contributed by atoms with E-state index in [9.17, 15) is 24.6 Å². The molecule has 0 aliphatic heterocycles. The number of aliphatic hydroxyl groups excluding tert-OH is 2. The van der Waals surface area contributed by atoms with E-state index in [1.807, 2.05) is 0 Å². The number of nitrogens with zero attached hydrogens (tertiary/aromatic N) is 2. The first-order valence-corrected chi connectivity index (χ1v) is 6.77. The van der Waals surface area contributed by atoms with Gasteiger partial charge in [-0.3, -0.25) is 9.36 Å². The Hall–Kier alpha value is -2.19. The predicted molar refractivity (Wildman–Crippen MR) is 77.0 cm³/mol. The molecule has 1 aliphatic rings. The van der Waals surface area contributed by atoms with E-state index in [4.69, 9.17) is 0 Å². The Labute approximate surface area is 125 Å². The highest BCUT2D eigenvalue weighted by molar-refractivity contribution is 5.84. The molecule has 1 heterocycles. The fourth-order valence-corrected chi connectivity index (χ4v) is 2.46. The van der Waals surface area contributed by atoms with Crippen LogP contribution >= 0.6 is 0 Å². The molecule has 2 atom stereocenters. The Kier molecular flexibility index (Phi) is 4.62. The van der Waals surface area contributed by atoms with E-state index in [1.54, 1.807) is 0 Å². The van der Waals surface area contributed by atoms with Crippen LogP contribution in [0.4, 0.5) is 0 Å². The van der Waals surface area contributed by atoms with Crippen LogP contribution in [0.2, 0.25) is 0 Å². The summed E-state index contributed by atoms with van der Waals surface area (Å²) in [6.07, 6.45) is 3.98. The summed E-state index contributed by atoms with van der Waals surface area (Å²) < 4.78 is 6.48. The second kappa shape index (κ2) is 6.29. The van der Waals surface area contributed by atoms with Crippen LogP contribution in [0.25, 0.3) is 6.20 Å². The minimum atomic E-state index is -0.684. The van der Waals surface area contributed by atoms with Gasteiger partial charge in [0.2, 0.25) is 0 Å². The Bertz CT molecular complexity index is 704. The summed E-state index contributed by atoms with van der Waals surface area (Å²) in [5.74, 6) is -0.744. The van der Waals surface area contributed by atoms with Gasteiger partial charge in [0.05, 0.1) is 13.7 Å². The van der Waals surface area contributed by atoms with Gasteiger partial charge >= 0.3 is 11.7 Å². The summed E-state index contributed by atoms with van der Waals surface area (Å²) in [5, 5.41) is 18.6. The lowest BCUT2D eigenvalue weighted by molar-refractivity contribution is -0.134. The third-order valence-corrected chi connectivity index (χ3v) is 4.03. The SMILES string of the molecule is COC(=O)C=Cn1c(=O)ccn(C[C@]2(CO)C[C@H]2CO)c1=O. The normalized spacial score (nSPS) is 23.7. The molecular weight excluding hydrogens is 292 g/mol. The van der Waals surface area contributed by atoms with Crippen LogP contribution in [0.1, 0.15) is 6.42 Å². The monoisotopic (exact) mass is 310 g/mol. The van der Waals surface area contributed by atoms with Gasteiger partial charge in [0.15, 0.2) is 0 Å². The minimum Gasteiger partial charge on any atom is -0.466 e. The zero-order chi connectivity index (χ0) is 16.3. The highest BCUT2D eigenvalue weighted by Gasteiger charge is 2.53. The van der Waals surface area contributed by atoms with Crippen molar-refractivity contribution in [1.82, 2.24) is 9.13 Å². The molecule has 0 radical (unpaired) electrons. The molecule has 1 aromatic rings. The third kappa shape index (κ3) is 3.02. The van der Waals surface area contributed by atoms with Crippen molar-refractivity contribution in [2.75, 3.05) is 20.3 Å². The van der Waals surface area contributed by atoms with Gasteiger partial charge in [0, 0.05) is 43.1 Å². The van der Waals surface area contributed by atoms with Crippen molar-refractivity contribution < 1.29 is 19.7 Å². The van der Waals surface area contributed by atoms with E-state index in [0.717, 1.165) is 16.8 Å². The molecule has 2 rings (SSSR count). The Morgan fingerprint density at radius 2 is 2.23 bits per heavy atom. The molecule has 120 valence electrons. The van der Waals surface area contributed by atoms with Crippen LogP contribution in [0.5, 0.6) is 0 Å². The van der Waals surface area contributed by atoms with Crippen LogP contribution in [0.3, 0.4) is 0 Å². The van der Waals surface area contributed by atoms with Gasteiger partial charge in [-0.25, -0.2) is 14.2 Å². The molecule has 0 amide bonds. The Balaban J connectivity index is 2.32. The van der Waals surface area contributed by atoms with Gasteiger partial charge in [-0.15, -0.1) is 0 Å². The number of esters is 1. The summed E-state index contributed by atoms with van der Waals surface area (Å²) in [6, 6.07) is 1.20. The lowest BCUT2D eigenvalue weighted by Gasteiger charge is -2.16. The molecule has 0 aromatic carbocycles. The number of aliphatic hydroxyl groups is 2. The molecule has 0 spiro atoms. The molecule has 8 nitrogen and oxygen atoms in total. The molecule has 1 aromatic heterocycles. The number of hydrogen-bond acceptors (Lipinski definition) is 6. The van der Waals surface area contributed by atoms with Crippen LogP contribution in [-0.4, -0.2) is 45.6 Å². The average molecular weight is 310 g/mol. The molecule has 1 saturated carbocycles. The van der Waals surface area contributed by atoms with E-state index < -0.39 is 22.6 Å². The number of methoxy groups -OCH3 is 1. The number of carbonyl (C=O) groups is 1. The van der Waals surface area contributed by atoms with Crippen molar-refractivity contribution in [3.63, 3.8) is 0 Å². The highest BCUT2D eigenvalue weighted by atomic mass is 16.5. The van der Waals surface area contributed by atoms with Crippen molar-refractivity contribution in [1.29, 1.82) is 0 Å². The number of carbonyl (C=O) groups excluding carboxylic acids is 1. The largest absolute Gasteiger partial charge is 0.466 e. The number of aromatic nitrogens is 2. The maximum atomic E-state index is 12.3. The quantitative estimate of drug-likeness (QED) is 0.496. The van der Waals surface area contributed by atoms with Gasteiger partial charge in [-0.05, 0) is 12.3 Å². The molecule has 1 aliphatic carbocycles. The van der Waals surface area contributed by atoms with Crippen LogP contribution in [0.15, 0.2) is 27.9 Å². The molecule has 0 bridgehead atoms. The smallest absolute Gasteiger partial charge is 0.335 e. The molecule has 0 saturated heterocycles. The second-order valence-corrected chi connectivity index (χ2v) is 5.38.